The lowest BCUT2D eigenvalue weighted by Gasteiger charge is -2.16. The highest BCUT2D eigenvalue weighted by Gasteiger charge is 2.21. The molecule has 0 unspecified atom stereocenters. The molecular weight excluding hydrogens is 264 g/mol. The van der Waals surface area contributed by atoms with E-state index in [4.69, 9.17) is 0 Å². The summed E-state index contributed by atoms with van der Waals surface area (Å²) in [5.41, 5.74) is 1.65. The van der Waals surface area contributed by atoms with Crippen molar-refractivity contribution < 1.29 is 0 Å². The van der Waals surface area contributed by atoms with Crippen LogP contribution in [-0.4, -0.2) is 9.97 Å². The van der Waals surface area contributed by atoms with E-state index in [9.17, 15) is 9.59 Å². The van der Waals surface area contributed by atoms with Crippen LogP contribution in [0.15, 0.2) is 76.6 Å². The molecule has 3 rings (SSSR count). The van der Waals surface area contributed by atoms with Crippen molar-refractivity contribution in [2.75, 3.05) is 0 Å². The first kappa shape index (κ1) is 13.1. The van der Waals surface area contributed by atoms with Crippen LogP contribution in [0.1, 0.15) is 22.6 Å². The summed E-state index contributed by atoms with van der Waals surface area (Å²) in [6, 6.07) is 16.6. The molecule has 4 heteroatoms. The molecule has 104 valence electrons. The Morgan fingerprint density at radius 3 is 1.67 bits per heavy atom. The number of pyridine rings is 2. The van der Waals surface area contributed by atoms with E-state index in [-0.39, 0.29) is 17.0 Å². The third-order valence-corrected chi connectivity index (χ3v) is 3.45. The quantitative estimate of drug-likeness (QED) is 0.771. The van der Waals surface area contributed by atoms with Gasteiger partial charge in [0.15, 0.2) is 0 Å². The molecule has 0 aliphatic carbocycles. The molecule has 3 aromatic rings. The molecule has 0 saturated heterocycles. The molecule has 0 spiro atoms. The van der Waals surface area contributed by atoms with Crippen molar-refractivity contribution in [2.24, 2.45) is 0 Å². The van der Waals surface area contributed by atoms with Crippen LogP contribution in [0, 0.1) is 0 Å². The van der Waals surface area contributed by atoms with Crippen molar-refractivity contribution in [1.29, 1.82) is 0 Å². The fourth-order valence-corrected chi connectivity index (χ4v) is 2.50. The van der Waals surface area contributed by atoms with Gasteiger partial charge in [-0.1, -0.05) is 42.5 Å². The average molecular weight is 278 g/mol. The van der Waals surface area contributed by atoms with E-state index in [1.54, 1.807) is 36.7 Å². The zero-order valence-electron chi connectivity index (χ0n) is 11.2. The molecule has 0 fully saturated rings. The van der Waals surface area contributed by atoms with E-state index in [1.807, 2.05) is 30.3 Å². The third kappa shape index (κ3) is 2.56. The summed E-state index contributed by atoms with van der Waals surface area (Å²) in [4.78, 5) is 29.6. The summed E-state index contributed by atoms with van der Waals surface area (Å²) < 4.78 is 0. The molecule has 4 nitrogen and oxygen atoms in total. The van der Waals surface area contributed by atoms with E-state index in [0.717, 1.165) is 5.56 Å². The van der Waals surface area contributed by atoms with Crippen LogP contribution in [-0.2, 0) is 0 Å². The van der Waals surface area contributed by atoms with E-state index in [2.05, 4.69) is 9.97 Å². The van der Waals surface area contributed by atoms with Crippen LogP contribution >= 0.6 is 0 Å². The number of aromatic nitrogens is 2. The van der Waals surface area contributed by atoms with Gasteiger partial charge in [0, 0.05) is 29.4 Å². The molecule has 0 aliphatic heterocycles. The Bertz CT molecular complexity index is 796. The lowest BCUT2D eigenvalue weighted by atomic mass is 9.86. The Morgan fingerprint density at radius 2 is 1.19 bits per heavy atom. The molecule has 21 heavy (non-hydrogen) atoms. The summed E-state index contributed by atoms with van der Waals surface area (Å²) in [6.45, 7) is 0. The maximum absolute atomic E-state index is 12.2. The van der Waals surface area contributed by atoms with Gasteiger partial charge in [0.1, 0.15) is 0 Å². The minimum Gasteiger partial charge on any atom is -0.329 e. The Balaban J connectivity index is 2.27. The fourth-order valence-electron chi connectivity index (χ4n) is 2.50. The molecule has 1 aromatic carbocycles. The molecule has 2 aromatic heterocycles. The SMILES string of the molecule is O=c1[nH]cccc1C(c1ccccc1)c1ccc[nH]c1=O. The third-order valence-electron chi connectivity index (χ3n) is 3.45. The van der Waals surface area contributed by atoms with Crippen LogP contribution in [0.5, 0.6) is 0 Å². The highest BCUT2D eigenvalue weighted by Crippen LogP contribution is 2.27. The maximum Gasteiger partial charge on any atom is 0.252 e. The topological polar surface area (TPSA) is 65.7 Å². The summed E-state index contributed by atoms with van der Waals surface area (Å²) in [6.07, 6.45) is 3.17. The van der Waals surface area contributed by atoms with Crippen molar-refractivity contribution in [2.45, 2.75) is 5.92 Å². The van der Waals surface area contributed by atoms with Gasteiger partial charge in [-0.05, 0) is 17.7 Å². The van der Waals surface area contributed by atoms with Gasteiger partial charge in [0.2, 0.25) is 0 Å². The minimum absolute atomic E-state index is 0.186. The largest absolute Gasteiger partial charge is 0.329 e. The van der Waals surface area contributed by atoms with Crippen molar-refractivity contribution in [3.8, 4) is 0 Å². The highest BCUT2D eigenvalue weighted by molar-refractivity contribution is 5.40. The van der Waals surface area contributed by atoms with Gasteiger partial charge in [0.25, 0.3) is 11.1 Å². The number of rotatable bonds is 3. The molecule has 0 radical (unpaired) electrons. The fraction of sp³-hybridized carbons (Fsp3) is 0.0588. The Morgan fingerprint density at radius 1 is 0.667 bits per heavy atom. The van der Waals surface area contributed by atoms with E-state index in [1.165, 1.54) is 0 Å². The first-order valence-corrected chi connectivity index (χ1v) is 6.67. The Labute approximate surface area is 121 Å². The normalized spacial score (nSPS) is 10.7. The van der Waals surface area contributed by atoms with Gasteiger partial charge < -0.3 is 9.97 Å². The van der Waals surface area contributed by atoms with Crippen molar-refractivity contribution in [3.05, 3.63) is 104 Å². The van der Waals surface area contributed by atoms with Gasteiger partial charge in [0.05, 0.1) is 0 Å². The molecule has 0 amide bonds. The maximum atomic E-state index is 12.2. The molecule has 0 aliphatic rings. The Kier molecular flexibility index (Phi) is 3.51. The number of aromatic amines is 2. The van der Waals surface area contributed by atoms with E-state index < -0.39 is 0 Å². The lowest BCUT2D eigenvalue weighted by Crippen LogP contribution is -2.23. The standard InChI is InChI=1S/C17H14N2O2/c20-16-13(8-4-10-18-16)15(12-6-2-1-3-7-12)14-9-5-11-19-17(14)21/h1-11,15H,(H,18,20)(H,19,21). The smallest absolute Gasteiger partial charge is 0.252 e. The number of hydrogen-bond donors (Lipinski definition) is 2. The van der Waals surface area contributed by atoms with Crippen LogP contribution in [0.2, 0.25) is 0 Å². The summed E-state index contributed by atoms with van der Waals surface area (Å²) in [5.74, 6) is -0.388. The second kappa shape index (κ2) is 5.63. The van der Waals surface area contributed by atoms with Crippen LogP contribution in [0.3, 0.4) is 0 Å². The second-order valence-electron chi connectivity index (χ2n) is 4.75. The first-order valence-electron chi connectivity index (χ1n) is 6.67. The molecule has 0 saturated carbocycles. The zero-order chi connectivity index (χ0) is 14.7. The highest BCUT2D eigenvalue weighted by atomic mass is 16.1. The zero-order valence-corrected chi connectivity index (χ0v) is 11.2. The summed E-state index contributed by atoms with van der Waals surface area (Å²) >= 11 is 0. The van der Waals surface area contributed by atoms with Gasteiger partial charge in [-0.25, -0.2) is 0 Å². The van der Waals surface area contributed by atoms with Gasteiger partial charge in [-0.3, -0.25) is 9.59 Å². The predicted octanol–water partition coefficient (Wildman–Crippen LogP) is 2.24. The van der Waals surface area contributed by atoms with Crippen molar-refractivity contribution in [1.82, 2.24) is 9.97 Å². The molecule has 2 N–H and O–H groups in total. The van der Waals surface area contributed by atoms with Crippen LogP contribution in [0.4, 0.5) is 0 Å². The predicted molar refractivity (Wildman–Crippen MR) is 81.5 cm³/mol. The Hall–Kier alpha value is -2.88. The van der Waals surface area contributed by atoms with E-state index in [0.29, 0.717) is 11.1 Å². The van der Waals surface area contributed by atoms with Gasteiger partial charge in [-0.15, -0.1) is 0 Å². The van der Waals surface area contributed by atoms with Gasteiger partial charge >= 0.3 is 0 Å². The van der Waals surface area contributed by atoms with Crippen molar-refractivity contribution in [3.63, 3.8) is 0 Å². The molecule has 2 heterocycles. The summed E-state index contributed by atoms with van der Waals surface area (Å²) in [5, 5.41) is 0. The van der Waals surface area contributed by atoms with Crippen LogP contribution < -0.4 is 11.1 Å². The first-order chi connectivity index (χ1) is 10.3. The number of hydrogen-bond acceptors (Lipinski definition) is 2. The summed E-state index contributed by atoms with van der Waals surface area (Å²) in [7, 11) is 0. The second-order valence-corrected chi connectivity index (χ2v) is 4.75. The minimum atomic E-state index is -0.388. The molecular formula is C17H14N2O2. The lowest BCUT2D eigenvalue weighted by molar-refractivity contribution is 0.915. The van der Waals surface area contributed by atoms with Crippen LogP contribution in [0.25, 0.3) is 0 Å². The number of benzene rings is 1. The van der Waals surface area contributed by atoms with Gasteiger partial charge in [-0.2, -0.15) is 0 Å². The number of nitrogens with one attached hydrogen (secondary N) is 2. The molecule has 0 bridgehead atoms. The molecule has 0 atom stereocenters. The number of H-pyrrole nitrogens is 2. The average Bonchev–Trinajstić information content (AvgIpc) is 2.52. The monoisotopic (exact) mass is 278 g/mol. The van der Waals surface area contributed by atoms with Crippen molar-refractivity contribution >= 4 is 0 Å². The van der Waals surface area contributed by atoms with E-state index >= 15 is 0 Å².